The van der Waals surface area contributed by atoms with Crippen LogP contribution >= 0.6 is 11.6 Å². The number of nitriles is 1. The molecule has 5 rings (SSSR count). The van der Waals surface area contributed by atoms with Gasteiger partial charge in [-0.2, -0.15) is 18.4 Å². The van der Waals surface area contributed by atoms with E-state index in [0.29, 0.717) is 36.9 Å². The van der Waals surface area contributed by atoms with Gasteiger partial charge >= 0.3 is 12.2 Å². The van der Waals surface area contributed by atoms with Crippen molar-refractivity contribution in [2.24, 2.45) is 0 Å². The van der Waals surface area contributed by atoms with E-state index in [4.69, 9.17) is 16.9 Å². The lowest BCUT2D eigenvalue weighted by Gasteiger charge is -2.28. The summed E-state index contributed by atoms with van der Waals surface area (Å²) in [6, 6.07) is 15.7. The number of carbonyl (C=O) groups excluding carboxylic acids is 2. The molecule has 2 aliphatic heterocycles. The third-order valence-corrected chi connectivity index (χ3v) is 6.83. The normalized spacial score (nSPS) is 19.5. The highest BCUT2D eigenvalue weighted by atomic mass is 35.5. The summed E-state index contributed by atoms with van der Waals surface area (Å²) < 4.78 is 38.8. The SMILES string of the molecule is N#Cc1ccc(CC23CCCN2C(=O)N(c2cc(Cl)nc(-c4ccc(C(F)(F)F)cc4)c2)C3=O)cc1. The van der Waals surface area contributed by atoms with E-state index in [1.54, 1.807) is 29.2 Å². The van der Waals surface area contributed by atoms with Gasteiger partial charge in [-0.3, -0.25) is 4.79 Å². The summed E-state index contributed by atoms with van der Waals surface area (Å²) in [5, 5.41) is 9.04. The largest absolute Gasteiger partial charge is 0.416 e. The maximum Gasteiger partial charge on any atom is 0.416 e. The fourth-order valence-electron chi connectivity index (χ4n) is 4.91. The van der Waals surface area contributed by atoms with Crippen molar-refractivity contribution in [3.63, 3.8) is 0 Å². The molecule has 2 saturated heterocycles. The lowest BCUT2D eigenvalue weighted by molar-refractivity contribution is -0.137. The Kier molecular flexibility index (Phi) is 5.72. The van der Waals surface area contributed by atoms with E-state index in [1.165, 1.54) is 24.3 Å². The first kappa shape index (κ1) is 23.8. The van der Waals surface area contributed by atoms with Crippen LogP contribution in [0.3, 0.4) is 0 Å². The van der Waals surface area contributed by atoms with Crippen molar-refractivity contribution in [1.82, 2.24) is 9.88 Å². The minimum atomic E-state index is -4.48. The number of benzene rings is 2. The van der Waals surface area contributed by atoms with Gasteiger partial charge in [0.05, 0.1) is 28.6 Å². The van der Waals surface area contributed by atoms with Crippen LogP contribution in [0.4, 0.5) is 23.7 Å². The van der Waals surface area contributed by atoms with Gasteiger partial charge in [0.25, 0.3) is 5.91 Å². The number of rotatable bonds is 4. The molecule has 0 N–H and O–H groups in total. The van der Waals surface area contributed by atoms with Crippen molar-refractivity contribution in [3.05, 3.63) is 82.5 Å². The van der Waals surface area contributed by atoms with Crippen LogP contribution in [0.5, 0.6) is 0 Å². The molecule has 0 aliphatic carbocycles. The van der Waals surface area contributed by atoms with Crippen LogP contribution in [0.25, 0.3) is 11.3 Å². The van der Waals surface area contributed by atoms with E-state index in [-0.39, 0.29) is 16.5 Å². The maximum absolute atomic E-state index is 13.8. The lowest BCUT2D eigenvalue weighted by atomic mass is 9.87. The highest BCUT2D eigenvalue weighted by Crippen LogP contribution is 2.43. The van der Waals surface area contributed by atoms with Crippen LogP contribution in [0, 0.1) is 11.3 Å². The average molecular weight is 511 g/mol. The minimum absolute atomic E-state index is 0.00352. The predicted molar refractivity (Wildman–Crippen MR) is 126 cm³/mol. The second-order valence-electron chi connectivity index (χ2n) is 8.80. The molecule has 10 heteroatoms. The monoisotopic (exact) mass is 510 g/mol. The summed E-state index contributed by atoms with van der Waals surface area (Å²) in [4.78, 5) is 34.0. The van der Waals surface area contributed by atoms with E-state index in [0.717, 1.165) is 22.6 Å². The van der Waals surface area contributed by atoms with Crippen LogP contribution < -0.4 is 4.90 Å². The number of imide groups is 1. The Balaban J connectivity index is 1.49. The molecule has 2 aliphatic rings. The summed E-state index contributed by atoms with van der Waals surface area (Å²) in [6.45, 7) is 0.419. The Morgan fingerprint density at radius 2 is 1.75 bits per heavy atom. The zero-order chi connectivity index (χ0) is 25.7. The molecular weight excluding hydrogens is 493 g/mol. The number of fused-ring (bicyclic) bond motifs is 1. The third kappa shape index (κ3) is 3.97. The summed E-state index contributed by atoms with van der Waals surface area (Å²) >= 11 is 6.21. The molecule has 0 radical (unpaired) electrons. The molecular formula is C26H18ClF3N4O2. The second kappa shape index (κ2) is 8.64. The molecule has 6 nitrogen and oxygen atoms in total. The molecule has 182 valence electrons. The Bertz CT molecular complexity index is 1400. The molecule has 2 aromatic carbocycles. The standard InChI is InChI=1S/C26H18ClF3N4O2/c27-22-13-20(12-21(32-22)18-6-8-19(9-7-18)26(28,29)30)34-23(35)25(10-1-11-33(25)24(34)36)14-16-2-4-17(15-31)5-3-16/h2-9,12-13H,1,10-11,14H2. The van der Waals surface area contributed by atoms with E-state index in [1.807, 2.05) is 0 Å². The number of amides is 3. The quantitative estimate of drug-likeness (QED) is 0.326. The number of aromatic nitrogens is 1. The number of carbonyl (C=O) groups is 2. The molecule has 1 unspecified atom stereocenters. The first-order valence-electron chi connectivity index (χ1n) is 11.1. The molecule has 1 aromatic heterocycles. The van der Waals surface area contributed by atoms with Gasteiger partial charge in [-0.25, -0.2) is 14.7 Å². The van der Waals surface area contributed by atoms with E-state index in [2.05, 4.69) is 11.1 Å². The van der Waals surface area contributed by atoms with Gasteiger partial charge in [-0.15, -0.1) is 0 Å². The van der Waals surface area contributed by atoms with Gasteiger partial charge in [-0.05, 0) is 54.8 Å². The first-order valence-corrected chi connectivity index (χ1v) is 11.5. The molecule has 36 heavy (non-hydrogen) atoms. The molecule has 0 bridgehead atoms. The molecule has 0 spiro atoms. The zero-order valence-corrected chi connectivity index (χ0v) is 19.5. The highest BCUT2D eigenvalue weighted by Gasteiger charge is 2.59. The van der Waals surface area contributed by atoms with Gasteiger partial charge in [0.1, 0.15) is 10.7 Å². The maximum atomic E-state index is 13.8. The summed E-state index contributed by atoms with van der Waals surface area (Å²) in [5.74, 6) is -0.394. The Hall–Kier alpha value is -3.90. The number of pyridine rings is 1. The number of nitrogens with zero attached hydrogens (tertiary/aromatic N) is 4. The van der Waals surface area contributed by atoms with Crippen LogP contribution in [-0.2, 0) is 17.4 Å². The number of anilines is 1. The molecule has 0 saturated carbocycles. The van der Waals surface area contributed by atoms with Gasteiger partial charge in [-0.1, -0.05) is 35.9 Å². The highest BCUT2D eigenvalue weighted by molar-refractivity contribution is 6.30. The summed E-state index contributed by atoms with van der Waals surface area (Å²) in [5.41, 5.74) is 0.255. The van der Waals surface area contributed by atoms with Gasteiger partial charge in [0, 0.05) is 18.5 Å². The predicted octanol–water partition coefficient (Wildman–Crippen LogP) is 5.84. The van der Waals surface area contributed by atoms with Gasteiger partial charge in [0.15, 0.2) is 0 Å². The minimum Gasteiger partial charge on any atom is -0.309 e. The Labute approximate surface area is 209 Å². The fraction of sp³-hybridized carbons (Fsp3) is 0.231. The summed E-state index contributed by atoms with van der Waals surface area (Å²) in [6.07, 6.45) is -3.02. The molecule has 3 heterocycles. The number of alkyl halides is 3. The number of halogens is 4. The van der Waals surface area contributed by atoms with Crippen LogP contribution in [-0.4, -0.2) is 33.9 Å². The fourth-order valence-corrected chi connectivity index (χ4v) is 5.11. The van der Waals surface area contributed by atoms with Gasteiger partial charge in [0.2, 0.25) is 0 Å². The van der Waals surface area contributed by atoms with Crippen LogP contribution in [0.15, 0.2) is 60.7 Å². The van der Waals surface area contributed by atoms with Crippen LogP contribution in [0.2, 0.25) is 5.15 Å². The number of hydrogen-bond acceptors (Lipinski definition) is 4. The smallest absolute Gasteiger partial charge is 0.309 e. The first-order chi connectivity index (χ1) is 17.1. The molecule has 3 amide bonds. The lowest BCUT2D eigenvalue weighted by Crippen LogP contribution is -2.47. The van der Waals surface area contributed by atoms with Crippen molar-refractivity contribution >= 4 is 29.2 Å². The van der Waals surface area contributed by atoms with Crippen molar-refractivity contribution in [2.75, 3.05) is 11.4 Å². The number of hydrogen-bond donors (Lipinski definition) is 0. The van der Waals surface area contributed by atoms with Crippen LogP contribution in [0.1, 0.15) is 29.5 Å². The topological polar surface area (TPSA) is 77.3 Å². The molecule has 3 aromatic rings. The van der Waals surface area contributed by atoms with E-state index >= 15 is 0 Å². The van der Waals surface area contributed by atoms with Crippen molar-refractivity contribution < 1.29 is 22.8 Å². The van der Waals surface area contributed by atoms with E-state index < -0.39 is 29.2 Å². The van der Waals surface area contributed by atoms with Gasteiger partial charge < -0.3 is 4.90 Å². The second-order valence-corrected chi connectivity index (χ2v) is 9.19. The summed E-state index contributed by atoms with van der Waals surface area (Å²) in [7, 11) is 0. The third-order valence-electron chi connectivity index (χ3n) is 6.64. The molecule has 1 atom stereocenters. The Morgan fingerprint density at radius 3 is 2.39 bits per heavy atom. The van der Waals surface area contributed by atoms with Crippen molar-refractivity contribution in [1.29, 1.82) is 5.26 Å². The zero-order valence-electron chi connectivity index (χ0n) is 18.7. The number of urea groups is 1. The molecule has 2 fully saturated rings. The van der Waals surface area contributed by atoms with E-state index in [9.17, 15) is 22.8 Å². The Morgan fingerprint density at radius 1 is 1.06 bits per heavy atom. The van der Waals surface area contributed by atoms with Crippen molar-refractivity contribution in [3.8, 4) is 17.3 Å². The van der Waals surface area contributed by atoms with Crippen molar-refractivity contribution in [2.45, 2.75) is 31.0 Å². The average Bonchev–Trinajstić information content (AvgIpc) is 3.36.